The number of fused-ring (bicyclic) bond motifs is 4. The van der Waals surface area contributed by atoms with Gasteiger partial charge in [-0.05, 0) is 31.0 Å². The summed E-state index contributed by atoms with van der Waals surface area (Å²) in [5.41, 5.74) is 3.92. The predicted molar refractivity (Wildman–Crippen MR) is 111 cm³/mol. The monoisotopic (exact) mass is 421 g/mol. The lowest BCUT2D eigenvalue weighted by Crippen LogP contribution is -2.42. The van der Waals surface area contributed by atoms with E-state index in [9.17, 15) is 4.79 Å². The van der Waals surface area contributed by atoms with Crippen molar-refractivity contribution in [3.8, 4) is 28.5 Å². The molecule has 0 radical (unpaired) electrons. The fourth-order valence-corrected chi connectivity index (χ4v) is 4.68. The van der Waals surface area contributed by atoms with Crippen molar-refractivity contribution in [2.24, 2.45) is 0 Å². The summed E-state index contributed by atoms with van der Waals surface area (Å²) >= 11 is 0. The molecule has 2 bridgehead atoms. The van der Waals surface area contributed by atoms with Crippen LogP contribution in [0.1, 0.15) is 40.6 Å². The summed E-state index contributed by atoms with van der Waals surface area (Å²) in [6, 6.07) is 5.54. The van der Waals surface area contributed by atoms with E-state index in [1.54, 1.807) is 33.7 Å². The van der Waals surface area contributed by atoms with E-state index < -0.39 is 0 Å². The molecule has 5 rings (SSSR count). The molecule has 2 aromatic heterocycles. The number of hydrogen-bond donors (Lipinski definition) is 1. The fourth-order valence-electron chi connectivity index (χ4n) is 4.68. The highest BCUT2D eigenvalue weighted by Crippen LogP contribution is 2.44. The van der Waals surface area contributed by atoms with Gasteiger partial charge in [0.25, 0.3) is 5.91 Å². The molecule has 2 atom stereocenters. The van der Waals surface area contributed by atoms with E-state index in [1.165, 1.54) is 0 Å². The molecule has 1 amide bonds. The normalized spacial score (nSPS) is 19.1. The maximum atomic E-state index is 13.4. The third-order valence-electron chi connectivity index (χ3n) is 6.12. The number of carbonyl (C=O) groups excluding carboxylic acids is 1. The number of nitrogens with zero attached hydrogens (tertiary/aromatic N) is 4. The first-order valence-corrected chi connectivity index (χ1v) is 10.1. The molecular formula is C22H23N5O4. The second-order valence-electron chi connectivity index (χ2n) is 7.67. The third kappa shape index (κ3) is 3.08. The summed E-state index contributed by atoms with van der Waals surface area (Å²) in [7, 11) is 4.68. The van der Waals surface area contributed by atoms with E-state index in [1.807, 2.05) is 23.2 Å². The molecular weight excluding hydrogens is 398 g/mol. The number of amides is 1. The van der Waals surface area contributed by atoms with Crippen molar-refractivity contribution in [2.45, 2.75) is 31.3 Å². The van der Waals surface area contributed by atoms with Crippen molar-refractivity contribution in [1.82, 2.24) is 25.1 Å². The molecule has 9 heteroatoms. The highest BCUT2D eigenvalue weighted by Gasteiger charge is 2.43. The average molecular weight is 421 g/mol. The Hall–Kier alpha value is -3.62. The van der Waals surface area contributed by atoms with Crippen LogP contribution in [0.15, 0.2) is 30.7 Å². The highest BCUT2D eigenvalue weighted by molar-refractivity contribution is 5.94. The molecule has 1 aromatic carbocycles. The van der Waals surface area contributed by atoms with Gasteiger partial charge < -0.3 is 19.1 Å². The Balaban J connectivity index is 1.46. The highest BCUT2D eigenvalue weighted by atomic mass is 16.5. The summed E-state index contributed by atoms with van der Waals surface area (Å²) < 4.78 is 16.2. The number of hydrogen-bond acceptors (Lipinski definition) is 7. The van der Waals surface area contributed by atoms with Crippen molar-refractivity contribution in [3.05, 3.63) is 47.7 Å². The van der Waals surface area contributed by atoms with Gasteiger partial charge in [0.15, 0.2) is 11.5 Å². The molecule has 1 fully saturated rings. The second kappa shape index (κ2) is 7.57. The number of H-pyrrole nitrogens is 1. The van der Waals surface area contributed by atoms with Crippen LogP contribution in [0.3, 0.4) is 0 Å². The van der Waals surface area contributed by atoms with Crippen molar-refractivity contribution in [2.75, 3.05) is 21.3 Å². The van der Waals surface area contributed by atoms with Crippen LogP contribution >= 0.6 is 0 Å². The second-order valence-corrected chi connectivity index (χ2v) is 7.67. The zero-order chi connectivity index (χ0) is 21.5. The van der Waals surface area contributed by atoms with Crippen molar-refractivity contribution in [3.63, 3.8) is 0 Å². The smallest absolute Gasteiger partial charge is 0.272 e. The molecule has 160 valence electrons. The standard InChI is InChI=1S/C22H23N5O4/c1-29-19-6-12(7-20(30-2)21(19)31-3)15-9-17(26-25-15)22(28)27-13-4-5-18(27)14-10-23-11-24-16(14)8-13/h6-7,9-11,13,18H,4-5,8H2,1-3H3,(H,25,26). The van der Waals surface area contributed by atoms with E-state index in [-0.39, 0.29) is 18.0 Å². The first kappa shape index (κ1) is 19.3. The summed E-state index contributed by atoms with van der Waals surface area (Å²) in [6.07, 6.45) is 6.05. The molecule has 1 saturated heterocycles. The Morgan fingerprint density at radius 1 is 1.10 bits per heavy atom. The van der Waals surface area contributed by atoms with Crippen LogP contribution in [0.25, 0.3) is 11.3 Å². The fraction of sp³-hybridized carbons (Fsp3) is 0.364. The molecule has 3 aromatic rings. The largest absolute Gasteiger partial charge is 0.493 e. The topological polar surface area (TPSA) is 102 Å². The van der Waals surface area contributed by atoms with Crippen molar-refractivity contribution in [1.29, 1.82) is 0 Å². The maximum absolute atomic E-state index is 13.4. The SMILES string of the molecule is COc1cc(-c2cc(C(=O)N3C4CCC3c3cncnc3C4)[nH]n2)cc(OC)c1OC. The van der Waals surface area contributed by atoms with Gasteiger partial charge in [-0.1, -0.05) is 0 Å². The zero-order valence-corrected chi connectivity index (χ0v) is 17.6. The summed E-state index contributed by atoms with van der Waals surface area (Å²) in [5, 5.41) is 7.29. The average Bonchev–Trinajstić information content (AvgIpc) is 3.42. The van der Waals surface area contributed by atoms with Gasteiger partial charge in [-0.25, -0.2) is 9.97 Å². The molecule has 0 saturated carbocycles. The van der Waals surface area contributed by atoms with Crippen LogP contribution < -0.4 is 14.2 Å². The summed E-state index contributed by atoms with van der Waals surface area (Å²) in [4.78, 5) is 23.9. The van der Waals surface area contributed by atoms with Gasteiger partial charge in [0, 0.05) is 29.8 Å². The predicted octanol–water partition coefficient (Wildman–Crippen LogP) is 2.79. The molecule has 1 N–H and O–H groups in total. The number of methoxy groups -OCH3 is 3. The van der Waals surface area contributed by atoms with Crippen LogP contribution in [0.4, 0.5) is 0 Å². The van der Waals surface area contributed by atoms with E-state index >= 15 is 0 Å². The van der Waals surface area contributed by atoms with Crippen LogP contribution in [0.2, 0.25) is 0 Å². The number of rotatable bonds is 5. The minimum atomic E-state index is -0.0619. The number of benzene rings is 1. The van der Waals surface area contributed by atoms with Crippen molar-refractivity contribution >= 4 is 5.91 Å². The van der Waals surface area contributed by atoms with E-state index in [2.05, 4.69) is 20.2 Å². The number of nitrogens with one attached hydrogen (secondary N) is 1. The molecule has 4 heterocycles. The Morgan fingerprint density at radius 3 is 2.58 bits per heavy atom. The minimum Gasteiger partial charge on any atom is -0.493 e. The van der Waals surface area contributed by atoms with Gasteiger partial charge in [-0.3, -0.25) is 9.89 Å². The van der Waals surface area contributed by atoms with E-state index in [4.69, 9.17) is 14.2 Å². The minimum absolute atomic E-state index is 0.00961. The number of ether oxygens (including phenoxy) is 3. The molecule has 2 aliphatic rings. The van der Waals surface area contributed by atoms with Gasteiger partial charge in [0.05, 0.1) is 38.8 Å². The summed E-state index contributed by atoms with van der Waals surface area (Å²) in [6.45, 7) is 0. The van der Waals surface area contributed by atoms with Crippen LogP contribution in [0.5, 0.6) is 17.2 Å². The van der Waals surface area contributed by atoms with E-state index in [0.29, 0.717) is 28.6 Å². The first-order valence-electron chi connectivity index (χ1n) is 10.1. The van der Waals surface area contributed by atoms with Crippen molar-refractivity contribution < 1.29 is 19.0 Å². The molecule has 2 aliphatic heterocycles. The van der Waals surface area contributed by atoms with Gasteiger partial charge in [-0.2, -0.15) is 5.10 Å². The molecule has 31 heavy (non-hydrogen) atoms. The Kier molecular flexibility index (Phi) is 4.72. The van der Waals surface area contributed by atoms with Gasteiger partial charge in [0.2, 0.25) is 5.75 Å². The van der Waals surface area contributed by atoms with E-state index in [0.717, 1.165) is 36.1 Å². The molecule has 0 spiro atoms. The Labute approximate surface area is 179 Å². The van der Waals surface area contributed by atoms with Crippen LogP contribution in [-0.2, 0) is 6.42 Å². The Bertz CT molecular complexity index is 1120. The first-order chi connectivity index (χ1) is 15.1. The lowest BCUT2D eigenvalue weighted by molar-refractivity contribution is 0.0637. The van der Waals surface area contributed by atoms with Crippen LogP contribution in [-0.4, -0.2) is 58.3 Å². The molecule has 0 aliphatic carbocycles. The third-order valence-corrected chi connectivity index (χ3v) is 6.12. The van der Waals surface area contributed by atoms with Gasteiger partial charge in [0.1, 0.15) is 12.0 Å². The van der Waals surface area contributed by atoms with Gasteiger partial charge >= 0.3 is 0 Å². The van der Waals surface area contributed by atoms with Crippen LogP contribution in [0, 0.1) is 0 Å². The number of aromatic amines is 1. The molecule has 2 unspecified atom stereocenters. The number of aromatic nitrogens is 4. The molecule has 9 nitrogen and oxygen atoms in total. The zero-order valence-electron chi connectivity index (χ0n) is 17.6. The maximum Gasteiger partial charge on any atom is 0.272 e. The van der Waals surface area contributed by atoms with Gasteiger partial charge in [-0.15, -0.1) is 0 Å². The number of carbonyl (C=O) groups is 1. The summed E-state index contributed by atoms with van der Waals surface area (Å²) in [5.74, 6) is 1.50. The lowest BCUT2D eigenvalue weighted by Gasteiger charge is -2.35. The lowest BCUT2D eigenvalue weighted by atomic mass is 9.99. The quantitative estimate of drug-likeness (QED) is 0.676. The Morgan fingerprint density at radius 2 is 1.87 bits per heavy atom.